The second-order valence-electron chi connectivity index (χ2n) is 6.89. The zero-order valence-electron chi connectivity index (χ0n) is 16.3. The molecule has 32 heavy (non-hydrogen) atoms. The zero-order chi connectivity index (χ0) is 23.7. The molecule has 0 saturated carbocycles. The van der Waals surface area contributed by atoms with Gasteiger partial charge in [-0.05, 0) is 37.6 Å². The number of carbonyl (C=O) groups excluding carboxylic acids is 2. The normalized spacial score (nSPS) is 18.3. The summed E-state index contributed by atoms with van der Waals surface area (Å²) in [6.45, 7) is 0.758. The van der Waals surface area contributed by atoms with E-state index in [-0.39, 0.29) is 17.9 Å². The Morgan fingerprint density at radius 2 is 1.84 bits per heavy atom. The minimum absolute atomic E-state index is 0.0105. The summed E-state index contributed by atoms with van der Waals surface area (Å²) in [6, 6.07) is 2.87. The predicted molar refractivity (Wildman–Crippen MR) is 97.1 cm³/mol. The second kappa shape index (κ2) is 8.59. The fourth-order valence-electron chi connectivity index (χ4n) is 3.00. The maximum absolute atomic E-state index is 13.2. The van der Waals surface area contributed by atoms with Gasteiger partial charge in [-0.25, -0.2) is 9.48 Å². The highest BCUT2D eigenvalue weighted by atomic mass is 19.4. The number of carbonyl (C=O) groups is 2. The molecule has 1 amide bonds. The van der Waals surface area contributed by atoms with Crippen molar-refractivity contribution in [1.29, 1.82) is 0 Å². The number of halogens is 6. The SMILES string of the molecule is C[C@@H]1C[C@@H](C(F)(F)F)n2nc(C(=O)OCC(=O)Nc3ccc(OC(F)(F)F)cc3)cc2N1. The van der Waals surface area contributed by atoms with Gasteiger partial charge < -0.3 is 20.1 Å². The van der Waals surface area contributed by atoms with Crippen molar-refractivity contribution in [1.82, 2.24) is 9.78 Å². The summed E-state index contributed by atoms with van der Waals surface area (Å²) in [5, 5.41) is 8.72. The standard InChI is InChI=1S/C18H16F6N4O4/c1-9-6-13(17(19,20)21)28-14(25-9)7-12(27-28)16(30)31-8-15(29)26-10-2-4-11(5-3-10)32-18(22,23)24/h2-5,7,9,13,25H,6,8H2,1H3,(H,26,29)/t9-,13+/m1/s1. The molecule has 2 N–H and O–H groups in total. The van der Waals surface area contributed by atoms with Crippen molar-refractivity contribution in [2.24, 2.45) is 0 Å². The highest BCUT2D eigenvalue weighted by Crippen LogP contribution is 2.39. The third kappa shape index (κ3) is 5.82. The van der Waals surface area contributed by atoms with Crippen LogP contribution in [-0.2, 0) is 9.53 Å². The molecule has 2 aromatic rings. The summed E-state index contributed by atoms with van der Waals surface area (Å²) >= 11 is 0. The van der Waals surface area contributed by atoms with Crippen molar-refractivity contribution in [3.8, 4) is 5.75 Å². The molecule has 2 heterocycles. The predicted octanol–water partition coefficient (Wildman–Crippen LogP) is 3.88. The third-order valence-electron chi connectivity index (χ3n) is 4.30. The Bertz CT molecular complexity index is 987. The molecule has 1 aliphatic rings. The van der Waals surface area contributed by atoms with Crippen molar-refractivity contribution < 1.29 is 45.4 Å². The lowest BCUT2D eigenvalue weighted by atomic mass is 10.1. The van der Waals surface area contributed by atoms with Crippen LogP contribution in [0.2, 0.25) is 0 Å². The summed E-state index contributed by atoms with van der Waals surface area (Å²) in [5.74, 6) is -2.45. The molecule has 0 radical (unpaired) electrons. The number of nitrogens with zero attached hydrogens (tertiary/aromatic N) is 2. The Labute approximate surface area is 176 Å². The molecule has 0 fully saturated rings. The molecule has 1 aliphatic heterocycles. The Morgan fingerprint density at radius 3 is 2.44 bits per heavy atom. The van der Waals surface area contributed by atoms with Crippen LogP contribution in [0.3, 0.4) is 0 Å². The minimum Gasteiger partial charge on any atom is -0.451 e. The third-order valence-corrected chi connectivity index (χ3v) is 4.30. The van der Waals surface area contributed by atoms with Crippen LogP contribution in [0, 0.1) is 0 Å². The van der Waals surface area contributed by atoms with Gasteiger partial charge in [-0.2, -0.15) is 18.3 Å². The van der Waals surface area contributed by atoms with Crippen molar-refractivity contribution in [3.05, 3.63) is 36.0 Å². The first kappa shape index (κ1) is 23.2. The number of amides is 1. The smallest absolute Gasteiger partial charge is 0.451 e. The van der Waals surface area contributed by atoms with Crippen LogP contribution in [0.15, 0.2) is 30.3 Å². The van der Waals surface area contributed by atoms with Gasteiger partial charge in [0.2, 0.25) is 0 Å². The number of fused-ring (bicyclic) bond motifs is 1. The molecule has 3 rings (SSSR count). The zero-order valence-corrected chi connectivity index (χ0v) is 16.3. The van der Waals surface area contributed by atoms with E-state index < -0.39 is 54.5 Å². The number of anilines is 2. The maximum Gasteiger partial charge on any atom is 0.573 e. The van der Waals surface area contributed by atoms with E-state index in [1.165, 1.54) is 0 Å². The number of esters is 1. The van der Waals surface area contributed by atoms with Crippen LogP contribution < -0.4 is 15.4 Å². The van der Waals surface area contributed by atoms with Gasteiger partial charge in [-0.3, -0.25) is 4.79 Å². The number of alkyl halides is 6. The Balaban J connectivity index is 1.57. The van der Waals surface area contributed by atoms with Crippen LogP contribution in [0.4, 0.5) is 37.8 Å². The average Bonchev–Trinajstić information content (AvgIpc) is 3.09. The van der Waals surface area contributed by atoms with Gasteiger partial charge in [-0.15, -0.1) is 13.2 Å². The second-order valence-corrected chi connectivity index (χ2v) is 6.89. The van der Waals surface area contributed by atoms with Gasteiger partial charge in [0.25, 0.3) is 5.91 Å². The lowest BCUT2D eigenvalue weighted by Crippen LogP contribution is -2.37. The Kier molecular flexibility index (Phi) is 6.23. The minimum atomic E-state index is -4.86. The summed E-state index contributed by atoms with van der Waals surface area (Å²) < 4.78 is 85.3. The summed E-state index contributed by atoms with van der Waals surface area (Å²) in [6.07, 6.45) is -9.71. The molecule has 174 valence electrons. The molecule has 14 heteroatoms. The largest absolute Gasteiger partial charge is 0.573 e. The van der Waals surface area contributed by atoms with Crippen LogP contribution in [0.1, 0.15) is 29.9 Å². The molecule has 1 aromatic carbocycles. The number of rotatable bonds is 5. The molecule has 0 spiro atoms. The quantitative estimate of drug-likeness (QED) is 0.513. The van der Waals surface area contributed by atoms with E-state index in [1.54, 1.807) is 6.92 Å². The first-order chi connectivity index (χ1) is 14.8. The first-order valence-corrected chi connectivity index (χ1v) is 9.07. The highest BCUT2D eigenvalue weighted by molar-refractivity contribution is 5.95. The molecular formula is C18H16F6N4O4. The van der Waals surface area contributed by atoms with Gasteiger partial charge in [0.15, 0.2) is 18.3 Å². The van der Waals surface area contributed by atoms with Crippen molar-refractivity contribution >= 4 is 23.4 Å². The van der Waals surface area contributed by atoms with Gasteiger partial charge >= 0.3 is 18.5 Å². The maximum atomic E-state index is 13.2. The van der Waals surface area contributed by atoms with Crippen LogP contribution >= 0.6 is 0 Å². The molecule has 0 bridgehead atoms. The summed E-state index contributed by atoms with van der Waals surface area (Å²) in [4.78, 5) is 24.0. The molecular weight excluding hydrogens is 450 g/mol. The topological polar surface area (TPSA) is 94.5 Å². The fraction of sp³-hybridized carbons (Fsp3) is 0.389. The fourth-order valence-corrected chi connectivity index (χ4v) is 3.00. The van der Waals surface area contributed by atoms with Crippen molar-refractivity contribution in [2.45, 2.75) is 38.0 Å². The molecule has 8 nitrogen and oxygen atoms in total. The van der Waals surface area contributed by atoms with Crippen molar-refractivity contribution in [2.75, 3.05) is 17.2 Å². The van der Waals surface area contributed by atoms with E-state index in [0.717, 1.165) is 30.3 Å². The lowest BCUT2D eigenvalue weighted by Gasteiger charge is -2.31. The van der Waals surface area contributed by atoms with Crippen LogP contribution in [0.25, 0.3) is 0 Å². The monoisotopic (exact) mass is 466 g/mol. The Morgan fingerprint density at radius 1 is 1.19 bits per heavy atom. The summed E-state index contributed by atoms with van der Waals surface area (Å²) in [7, 11) is 0. The van der Waals surface area contributed by atoms with E-state index in [4.69, 9.17) is 4.74 Å². The number of nitrogens with one attached hydrogen (secondary N) is 2. The number of hydrogen-bond acceptors (Lipinski definition) is 6. The van der Waals surface area contributed by atoms with E-state index in [0.29, 0.717) is 4.68 Å². The lowest BCUT2D eigenvalue weighted by molar-refractivity contribution is -0.274. The number of hydrogen-bond donors (Lipinski definition) is 2. The number of ether oxygens (including phenoxy) is 2. The summed E-state index contributed by atoms with van der Waals surface area (Å²) in [5.41, 5.74) is -0.318. The van der Waals surface area contributed by atoms with E-state index >= 15 is 0 Å². The molecule has 2 atom stereocenters. The number of aromatic nitrogens is 2. The van der Waals surface area contributed by atoms with Crippen LogP contribution in [-0.4, -0.2) is 46.8 Å². The first-order valence-electron chi connectivity index (χ1n) is 9.07. The van der Waals surface area contributed by atoms with E-state index in [1.807, 2.05) is 0 Å². The van der Waals surface area contributed by atoms with Gasteiger partial charge in [0.1, 0.15) is 11.6 Å². The highest BCUT2D eigenvalue weighted by Gasteiger charge is 2.45. The van der Waals surface area contributed by atoms with E-state index in [2.05, 4.69) is 20.5 Å². The van der Waals surface area contributed by atoms with Gasteiger partial charge in [-0.1, -0.05) is 0 Å². The number of benzene rings is 1. The van der Waals surface area contributed by atoms with Crippen molar-refractivity contribution in [3.63, 3.8) is 0 Å². The average molecular weight is 466 g/mol. The van der Waals surface area contributed by atoms with E-state index in [9.17, 15) is 35.9 Å². The molecule has 0 aliphatic carbocycles. The Hall–Kier alpha value is -3.45. The molecule has 1 aromatic heterocycles. The molecule has 0 saturated heterocycles. The molecule has 0 unspecified atom stereocenters. The van der Waals surface area contributed by atoms with Crippen LogP contribution in [0.5, 0.6) is 5.75 Å². The van der Waals surface area contributed by atoms with Gasteiger partial charge in [0.05, 0.1) is 0 Å². The van der Waals surface area contributed by atoms with Gasteiger partial charge in [0, 0.05) is 17.8 Å².